The van der Waals surface area contributed by atoms with Crippen molar-refractivity contribution in [2.24, 2.45) is 11.8 Å². The number of carbonyl (C=O) groups excluding carboxylic acids is 2. The average Bonchev–Trinajstić information content (AvgIpc) is 2.80. The molecule has 114 valence electrons. The number of cyclic esters (lactones) is 1. The molecule has 1 aliphatic heterocycles. The van der Waals surface area contributed by atoms with Crippen molar-refractivity contribution in [3.05, 3.63) is 35.9 Å². The second-order valence-electron chi connectivity index (χ2n) is 6.11. The van der Waals surface area contributed by atoms with Gasteiger partial charge in [-0.15, -0.1) is 0 Å². The highest BCUT2D eigenvalue weighted by molar-refractivity contribution is 5.93. The maximum absolute atomic E-state index is 12.4. The van der Waals surface area contributed by atoms with Crippen LogP contribution in [0.1, 0.15) is 32.8 Å². The zero-order valence-electron chi connectivity index (χ0n) is 12.9. The maximum atomic E-state index is 12.4. The minimum Gasteiger partial charge on any atom is -0.447 e. The molecule has 1 saturated heterocycles. The Morgan fingerprint density at radius 1 is 1.29 bits per heavy atom. The largest absolute Gasteiger partial charge is 0.447 e. The SMILES string of the molecule is CC(C)C(C)CC(=O)N1C(=O)OC[C@@H]1Cc1ccccc1. The second kappa shape index (κ2) is 6.74. The summed E-state index contributed by atoms with van der Waals surface area (Å²) in [6.07, 6.45) is 0.531. The summed E-state index contributed by atoms with van der Waals surface area (Å²) in [7, 11) is 0. The van der Waals surface area contributed by atoms with Gasteiger partial charge >= 0.3 is 6.09 Å². The normalized spacial score (nSPS) is 19.7. The standard InChI is InChI=1S/C17H23NO3/c1-12(2)13(3)9-16(19)18-15(11-21-17(18)20)10-14-7-5-4-6-8-14/h4-8,12-13,15H,9-11H2,1-3H3/t13?,15-/m0/s1. The lowest BCUT2D eigenvalue weighted by Gasteiger charge is -2.22. The molecule has 2 rings (SSSR count). The number of hydrogen-bond donors (Lipinski definition) is 0. The maximum Gasteiger partial charge on any atom is 0.416 e. The van der Waals surface area contributed by atoms with Crippen LogP contribution in [0.3, 0.4) is 0 Å². The van der Waals surface area contributed by atoms with Crippen molar-refractivity contribution < 1.29 is 14.3 Å². The van der Waals surface area contributed by atoms with Crippen molar-refractivity contribution in [1.29, 1.82) is 0 Å². The number of carbonyl (C=O) groups is 2. The van der Waals surface area contributed by atoms with Gasteiger partial charge in [0, 0.05) is 6.42 Å². The number of nitrogens with zero attached hydrogens (tertiary/aromatic N) is 1. The first-order valence-electron chi connectivity index (χ1n) is 7.51. The molecule has 1 aliphatic rings. The first kappa shape index (κ1) is 15.5. The molecular weight excluding hydrogens is 266 g/mol. The lowest BCUT2D eigenvalue weighted by Crippen LogP contribution is -2.41. The Kier molecular flexibility index (Phi) is 4.99. The second-order valence-corrected chi connectivity index (χ2v) is 6.11. The first-order chi connectivity index (χ1) is 9.99. The van der Waals surface area contributed by atoms with Gasteiger partial charge in [-0.3, -0.25) is 4.79 Å². The van der Waals surface area contributed by atoms with Crippen molar-refractivity contribution in [3.63, 3.8) is 0 Å². The molecule has 4 nitrogen and oxygen atoms in total. The molecule has 4 heteroatoms. The summed E-state index contributed by atoms with van der Waals surface area (Å²) in [6, 6.07) is 9.68. The van der Waals surface area contributed by atoms with Crippen molar-refractivity contribution in [2.45, 2.75) is 39.7 Å². The molecule has 1 fully saturated rings. The molecule has 1 aromatic carbocycles. The van der Waals surface area contributed by atoms with E-state index in [1.807, 2.05) is 37.3 Å². The van der Waals surface area contributed by atoms with Crippen molar-refractivity contribution in [3.8, 4) is 0 Å². The molecule has 0 spiro atoms. The van der Waals surface area contributed by atoms with Gasteiger partial charge < -0.3 is 4.74 Å². The monoisotopic (exact) mass is 289 g/mol. The van der Waals surface area contributed by atoms with E-state index in [1.165, 1.54) is 4.90 Å². The molecule has 2 amide bonds. The highest BCUT2D eigenvalue weighted by atomic mass is 16.6. The lowest BCUT2D eigenvalue weighted by molar-refractivity contribution is -0.130. The number of ether oxygens (including phenoxy) is 1. The minimum atomic E-state index is -0.503. The van der Waals surface area contributed by atoms with E-state index in [2.05, 4.69) is 13.8 Å². The number of amides is 2. The Morgan fingerprint density at radius 3 is 2.57 bits per heavy atom. The van der Waals surface area contributed by atoms with Crippen LogP contribution < -0.4 is 0 Å². The number of benzene rings is 1. The van der Waals surface area contributed by atoms with Crippen LogP contribution in [0, 0.1) is 11.8 Å². The minimum absolute atomic E-state index is 0.125. The number of rotatable bonds is 5. The van der Waals surface area contributed by atoms with Gasteiger partial charge in [0.05, 0.1) is 6.04 Å². The number of imide groups is 1. The van der Waals surface area contributed by atoms with Gasteiger partial charge in [-0.25, -0.2) is 9.69 Å². The van der Waals surface area contributed by atoms with E-state index in [1.54, 1.807) is 0 Å². The molecule has 21 heavy (non-hydrogen) atoms. The molecule has 0 radical (unpaired) electrons. The predicted octanol–water partition coefficient (Wildman–Crippen LogP) is 3.26. The molecule has 0 bridgehead atoms. The summed E-state index contributed by atoms with van der Waals surface area (Å²) in [5.41, 5.74) is 1.11. The van der Waals surface area contributed by atoms with Gasteiger partial charge in [0.1, 0.15) is 6.61 Å². The molecule has 1 heterocycles. The van der Waals surface area contributed by atoms with Crippen LogP contribution in [0.5, 0.6) is 0 Å². The van der Waals surface area contributed by atoms with Crippen LogP contribution in [-0.2, 0) is 16.0 Å². The van der Waals surface area contributed by atoms with E-state index >= 15 is 0 Å². The van der Waals surface area contributed by atoms with Crippen LogP contribution >= 0.6 is 0 Å². The third-order valence-corrected chi connectivity index (χ3v) is 4.18. The van der Waals surface area contributed by atoms with E-state index in [9.17, 15) is 9.59 Å². The quantitative estimate of drug-likeness (QED) is 0.836. The van der Waals surface area contributed by atoms with Crippen LogP contribution in [0.15, 0.2) is 30.3 Å². The fourth-order valence-corrected chi connectivity index (χ4v) is 2.41. The van der Waals surface area contributed by atoms with Crippen molar-refractivity contribution in [2.75, 3.05) is 6.61 Å². The van der Waals surface area contributed by atoms with E-state index in [0.717, 1.165) is 5.56 Å². The fraction of sp³-hybridized carbons (Fsp3) is 0.529. The Morgan fingerprint density at radius 2 is 1.95 bits per heavy atom. The van der Waals surface area contributed by atoms with Crippen LogP contribution in [0.4, 0.5) is 4.79 Å². The molecule has 2 atom stereocenters. The van der Waals surface area contributed by atoms with E-state index in [-0.39, 0.29) is 24.5 Å². The van der Waals surface area contributed by atoms with Gasteiger partial charge in [-0.1, -0.05) is 51.1 Å². The molecular formula is C17H23NO3. The summed E-state index contributed by atoms with van der Waals surface area (Å²) >= 11 is 0. The van der Waals surface area contributed by atoms with Gasteiger partial charge in [0.25, 0.3) is 0 Å². The Balaban J connectivity index is 2.04. The van der Waals surface area contributed by atoms with Gasteiger partial charge in [0.15, 0.2) is 0 Å². The molecule has 0 N–H and O–H groups in total. The zero-order chi connectivity index (χ0) is 15.4. The topological polar surface area (TPSA) is 46.6 Å². The van der Waals surface area contributed by atoms with E-state index in [0.29, 0.717) is 18.8 Å². The molecule has 1 aromatic rings. The van der Waals surface area contributed by atoms with Crippen LogP contribution in [0.2, 0.25) is 0 Å². The molecule has 0 aromatic heterocycles. The van der Waals surface area contributed by atoms with Gasteiger partial charge in [-0.2, -0.15) is 0 Å². The Hall–Kier alpha value is -1.84. The van der Waals surface area contributed by atoms with Crippen molar-refractivity contribution in [1.82, 2.24) is 4.90 Å². The van der Waals surface area contributed by atoms with E-state index < -0.39 is 6.09 Å². The fourth-order valence-electron chi connectivity index (χ4n) is 2.41. The summed E-state index contributed by atoms with van der Waals surface area (Å²) < 4.78 is 5.08. The third-order valence-electron chi connectivity index (χ3n) is 4.18. The summed E-state index contributed by atoms with van der Waals surface area (Å²) in [4.78, 5) is 25.6. The highest BCUT2D eigenvalue weighted by Crippen LogP contribution is 2.22. The Bertz CT molecular complexity index is 498. The first-order valence-corrected chi connectivity index (χ1v) is 7.51. The molecule has 1 unspecified atom stereocenters. The van der Waals surface area contributed by atoms with Crippen LogP contribution in [0.25, 0.3) is 0 Å². The predicted molar refractivity (Wildman–Crippen MR) is 80.7 cm³/mol. The summed E-state index contributed by atoms with van der Waals surface area (Å²) in [6.45, 7) is 6.50. The lowest BCUT2D eigenvalue weighted by atomic mass is 9.94. The average molecular weight is 289 g/mol. The summed E-state index contributed by atoms with van der Waals surface area (Å²) in [5, 5.41) is 0. The molecule has 0 saturated carbocycles. The Labute approximate surface area is 126 Å². The smallest absolute Gasteiger partial charge is 0.416 e. The number of hydrogen-bond acceptors (Lipinski definition) is 3. The van der Waals surface area contributed by atoms with Gasteiger partial charge in [-0.05, 0) is 23.8 Å². The zero-order valence-corrected chi connectivity index (χ0v) is 12.9. The van der Waals surface area contributed by atoms with Crippen LogP contribution in [-0.4, -0.2) is 29.5 Å². The summed E-state index contributed by atoms with van der Waals surface area (Å²) in [5.74, 6) is 0.544. The van der Waals surface area contributed by atoms with E-state index in [4.69, 9.17) is 4.74 Å². The van der Waals surface area contributed by atoms with Crippen molar-refractivity contribution >= 4 is 12.0 Å². The third kappa shape index (κ3) is 3.84. The van der Waals surface area contributed by atoms with Gasteiger partial charge in [0.2, 0.25) is 5.91 Å². The molecule has 0 aliphatic carbocycles. The highest BCUT2D eigenvalue weighted by Gasteiger charge is 2.38.